The molecule has 0 bridgehead atoms. The molecule has 0 aliphatic rings. The lowest BCUT2D eigenvalue weighted by Gasteiger charge is -2.14. The molecule has 20 aromatic rings. The molecule has 0 unspecified atom stereocenters. The van der Waals surface area contributed by atoms with Crippen LogP contribution in [0.2, 0.25) is 0 Å². The smallest absolute Gasteiger partial charge is 0.160 e. The molecule has 0 saturated carbocycles. The number of para-hydroxylation sites is 3. The number of hydrogen-bond donors (Lipinski definition) is 0. The summed E-state index contributed by atoms with van der Waals surface area (Å²) in [5.74, 6) is 0.678. The van der Waals surface area contributed by atoms with Crippen LogP contribution in [0.4, 0.5) is 0 Å². The van der Waals surface area contributed by atoms with E-state index in [1.54, 1.807) is 0 Å². The largest absolute Gasteiger partial charge is 0.309 e. The lowest BCUT2D eigenvalue weighted by atomic mass is 9.99. The predicted octanol–water partition coefficient (Wildman–Crippen LogP) is 23.0. The van der Waals surface area contributed by atoms with Crippen molar-refractivity contribution in [2.75, 3.05) is 0 Å². The van der Waals surface area contributed by atoms with E-state index in [0.29, 0.717) is 5.82 Å². The van der Waals surface area contributed by atoms with E-state index in [1.807, 2.05) is 34.0 Å². The van der Waals surface area contributed by atoms with Gasteiger partial charge in [0.2, 0.25) is 0 Å². The quantitative estimate of drug-likeness (QED) is 0.166. The molecule has 13 aromatic carbocycles. The van der Waals surface area contributed by atoms with Crippen LogP contribution in [0.3, 0.4) is 0 Å². The second-order valence-electron chi connectivity index (χ2n) is 23.2. The van der Waals surface area contributed by atoms with Gasteiger partial charge in [-0.2, -0.15) is 0 Å². The summed E-state index contributed by atoms with van der Waals surface area (Å²) in [4.78, 5) is 11.0. The Labute approximate surface area is 514 Å². The summed E-state index contributed by atoms with van der Waals surface area (Å²) >= 11 is 5.61. The van der Waals surface area contributed by atoms with Crippen molar-refractivity contribution in [2.24, 2.45) is 0 Å². The molecule has 7 aromatic heterocycles. The molecule has 0 N–H and O–H groups in total. The Bertz CT molecular complexity index is 6350. The van der Waals surface area contributed by atoms with Crippen LogP contribution in [0.5, 0.6) is 0 Å². The Morgan fingerprint density at radius 2 is 0.568 bits per heavy atom. The number of aromatic nitrogens is 5. The van der Waals surface area contributed by atoms with Gasteiger partial charge in [0.15, 0.2) is 5.82 Å². The number of fused-ring (bicyclic) bond motifs is 19. The number of rotatable bonds is 6. The van der Waals surface area contributed by atoms with Crippen molar-refractivity contribution in [2.45, 2.75) is 0 Å². The van der Waals surface area contributed by atoms with E-state index in [1.165, 1.54) is 126 Å². The first-order chi connectivity index (χ1) is 43.6. The highest BCUT2D eigenvalue weighted by Crippen LogP contribution is 2.45. The molecule has 0 aliphatic heterocycles. The van der Waals surface area contributed by atoms with Crippen LogP contribution < -0.4 is 0 Å². The van der Waals surface area contributed by atoms with E-state index in [9.17, 15) is 0 Å². The molecular weight excluding hydrogens is 1130 g/mol. The van der Waals surface area contributed by atoms with E-state index in [2.05, 4.69) is 287 Å². The summed E-state index contributed by atoms with van der Waals surface area (Å²) in [6, 6.07) is 101. The first-order valence-corrected chi connectivity index (χ1v) is 32.2. The van der Waals surface area contributed by atoms with Crippen LogP contribution >= 0.6 is 34.0 Å². The Kier molecular flexibility index (Phi) is 10.1. The Hall–Kier alpha value is -10.7. The fourth-order valence-electron chi connectivity index (χ4n) is 14.4. The third-order valence-electron chi connectivity index (χ3n) is 18.5. The number of nitrogens with zero attached hydrogens (tertiary/aromatic N) is 5. The summed E-state index contributed by atoms with van der Waals surface area (Å²) in [6.45, 7) is 0. The normalized spacial score (nSPS) is 12.3. The molecule has 408 valence electrons. The molecule has 0 radical (unpaired) electrons. The highest BCUT2D eigenvalue weighted by atomic mass is 32.1. The van der Waals surface area contributed by atoms with Crippen molar-refractivity contribution in [3.05, 3.63) is 273 Å². The topological polar surface area (TPSA) is 40.6 Å². The molecule has 0 spiro atoms. The molecule has 8 heteroatoms. The van der Waals surface area contributed by atoms with Crippen LogP contribution in [-0.2, 0) is 0 Å². The fraction of sp³-hybridized carbons (Fsp3) is 0. The van der Waals surface area contributed by atoms with Gasteiger partial charge in [0, 0.05) is 126 Å². The minimum atomic E-state index is 0.678. The zero-order valence-corrected chi connectivity index (χ0v) is 49.4. The Morgan fingerprint density at radius 1 is 0.216 bits per heavy atom. The first kappa shape index (κ1) is 48.5. The minimum Gasteiger partial charge on any atom is -0.309 e. The monoisotopic (exact) mass is 1170 g/mol. The maximum atomic E-state index is 5.59. The molecule has 88 heavy (non-hydrogen) atoms. The fourth-order valence-corrected chi connectivity index (χ4v) is 17.8. The van der Waals surface area contributed by atoms with Crippen LogP contribution in [0.1, 0.15) is 0 Å². The van der Waals surface area contributed by atoms with Gasteiger partial charge in [0.25, 0.3) is 0 Å². The van der Waals surface area contributed by atoms with Gasteiger partial charge >= 0.3 is 0 Å². The lowest BCUT2D eigenvalue weighted by molar-refractivity contribution is 1.17. The summed E-state index contributed by atoms with van der Waals surface area (Å²) < 4.78 is 15.1. The van der Waals surface area contributed by atoms with E-state index in [-0.39, 0.29) is 0 Å². The highest BCUT2D eigenvalue weighted by Gasteiger charge is 2.21. The molecule has 0 atom stereocenters. The van der Waals surface area contributed by atoms with Crippen molar-refractivity contribution < 1.29 is 0 Å². The van der Waals surface area contributed by atoms with Gasteiger partial charge in [0.05, 0.1) is 44.3 Å². The van der Waals surface area contributed by atoms with Crippen LogP contribution in [0.15, 0.2) is 273 Å². The summed E-state index contributed by atoms with van der Waals surface area (Å²) in [5, 5.41) is 16.3. The van der Waals surface area contributed by atoms with Crippen molar-refractivity contribution in [3.8, 4) is 50.8 Å². The second-order valence-corrected chi connectivity index (χ2v) is 26.5. The minimum absolute atomic E-state index is 0.678. The number of hydrogen-bond acceptors (Lipinski definition) is 5. The molecule has 0 aliphatic carbocycles. The predicted molar refractivity (Wildman–Crippen MR) is 378 cm³/mol. The van der Waals surface area contributed by atoms with Gasteiger partial charge in [-0.25, -0.2) is 9.97 Å². The Morgan fingerprint density at radius 3 is 0.989 bits per heavy atom. The zero-order valence-electron chi connectivity index (χ0n) is 46.9. The van der Waals surface area contributed by atoms with Crippen LogP contribution in [-0.4, -0.2) is 23.7 Å². The van der Waals surface area contributed by atoms with Gasteiger partial charge in [-0.3, -0.25) is 0 Å². The van der Waals surface area contributed by atoms with Crippen molar-refractivity contribution >= 4 is 171 Å². The summed E-state index contributed by atoms with van der Waals surface area (Å²) in [7, 11) is 0. The molecule has 0 saturated heterocycles. The van der Waals surface area contributed by atoms with Gasteiger partial charge < -0.3 is 13.7 Å². The third-order valence-corrected chi connectivity index (χ3v) is 21.9. The van der Waals surface area contributed by atoms with Crippen LogP contribution in [0, 0.1) is 0 Å². The van der Waals surface area contributed by atoms with Crippen molar-refractivity contribution in [1.82, 2.24) is 23.7 Å². The summed E-state index contributed by atoms with van der Waals surface area (Å²) in [6.07, 6.45) is 0. The highest BCUT2D eigenvalue weighted by molar-refractivity contribution is 7.26. The van der Waals surface area contributed by atoms with Crippen molar-refractivity contribution in [3.63, 3.8) is 0 Å². The maximum Gasteiger partial charge on any atom is 0.160 e. The molecule has 5 nitrogen and oxygen atoms in total. The molecule has 20 rings (SSSR count). The third kappa shape index (κ3) is 7.07. The van der Waals surface area contributed by atoms with Gasteiger partial charge in [0.1, 0.15) is 0 Å². The number of thiophene rings is 3. The first-order valence-electron chi connectivity index (χ1n) is 29.8. The van der Waals surface area contributed by atoms with Crippen molar-refractivity contribution in [1.29, 1.82) is 0 Å². The zero-order chi connectivity index (χ0) is 57.3. The second kappa shape index (κ2) is 18.4. The Balaban J connectivity index is 0.729. The number of benzene rings is 13. The maximum absolute atomic E-state index is 5.59. The lowest BCUT2D eigenvalue weighted by Crippen LogP contribution is -1.98. The standard InChI is InChI=1S/C80H45N5S3/c1-7-19-67-53(13-1)59-43-76-62(56-16-4-10-22-73(56)86-76)40-70(59)83(67)50-32-25-46(26-33-50)49-31-38-66-65(39-49)79(47-27-34-51(35-28-47)84-68-20-8-2-14-54(68)60-44-77-63(41-71(60)84)57-17-5-11-23-74(57)87-77)82-80(81-66)48-29-36-52(37-30-48)85-69-21-9-3-15-55(69)61-45-78-64(42-72(61)85)58-18-6-12-24-75(58)88-78/h1-45H. The SMILES string of the molecule is c1ccc2c(c1)sc1cc3c4ccccc4n(-c4ccc(-c5ccc6nc(-c7ccc(-n8c9ccccc9c9cc%10sc%11ccccc%11c%10cc98)cc7)nc(-c7ccc(-n8c9ccccc9c9cc%10sc%11ccccc%11c%10cc98)cc7)c6c5)cc4)c3cc12. The molecule has 0 fully saturated rings. The molecular formula is C80H45N5S3. The van der Waals surface area contributed by atoms with E-state index in [4.69, 9.17) is 9.97 Å². The molecule has 0 amide bonds. The van der Waals surface area contributed by atoms with E-state index in [0.717, 1.165) is 55.9 Å². The van der Waals surface area contributed by atoms with E-state index >= 15 is 0 Å². The van der Waals surface area contributed by atoms with Gasteiger partial charge in [-0.15, -0.1) is 34.0 Å². The average Bonchev–Trinajstić information content (AvgIpc) is 1.81. The van der Waals surface area contributed by atoms with Crippen LogP contribution in [0.25, 0.3) is 188 Å². The average molecular weight is 1170 g/mol. The molecule has 7 heterocycles. The van der Waals surface area contributed by atoms with E-state index < -0.39 is 0 Å². The summed E-state index contributed by atoms with van der Waals surface area (Å²) in [5.41, 5.74) is 16.4. The van der Waals surface area contributed by atoms with Gasteiger partial charge in [-0.05, 0) is 145 Å². The van der Waals surface area contributed by atoms with Gasteiger partial charge in [-0.1, -0.05) is 140 Å².